The zero-order valence-electron chi connectivity index (χ0n) is 4.79. The van der Waals surface area contributed by atoms with Crippen molar-refractivity contribution in [3.8, 4) is 0 Å². The molecule has 0 aliphatic heterocycles. The monoisotopic (exact) mass is 127 g/mol. The van der Waals surface area contributed by atoms with Crippen LogP contribution >= 0.6 is 11.3 Å². The van der Waals surface area contributed by atoms with Gasteiger partial charge in [-0.05, 0) is 18.4 Å². The third-order valence-corrected chi connectivity index (χ3v) is 2.07. The fourth-order valence-corrected chi connectivity index (χ4v) is 1.24. The summed E-state index contributed by atoms with van der Waals surface area (Å²) in [7, 11) is 0. The fraction of sp³-hybridized carbons (Fsp3) is 0.333. The Morgan fingerprint density at radius 3 is 2.75 bits per heavy atom. The zero-order chi connectivity index (χ0) is 5.98. The molecule has 2 heteroatoms. The SMILES string of the molecule is C[C@H](N)c1cccs1. The van der Waals surface area contributed by atoms with E-state index in [-0.39, 0.29) is 6.04 Å². The van der Waals surface area contributed by atoms with Crippen molar-refractivity contribution >= 4 is 11.3 Å². The van der Waals surface area contributed by atoms with Gasteiger partial charge in [-0.2, -0.15) is 0 Å². The maximum absolute atomic E-state index is 5.57. The molecule has 0 unspecified atom stereocenters. The van der Waals surface area contributed by atoms with Crippen LogP contribution in [0.4, 0.5) is 0 Å². The van der Waals surface area contributed by atoms with Gasteiger partial charge in [0, 0.05) is 10.9 Å². The molecule has 0 saturated carbocycles. The highest BCUT2D eigenvalue weighted by Crippen LogP contribution is 2.14. The van der Waals surface area contributed by atoms with Gasteiger partial charge in [-0.3, -0.25) is 0 Å². The molecule has 1 heterocycles. The molecule has 8 heavy (non-hydrogen) atoms. The van der Waals surface area contributed by atoms with E-state index in [1.165, 1.54) is 4.88 Å². The average Bonchev–Trinajstić information content (AvgIpc) is 2.12. The predicted molar refractivity (Wildman–Crippen MR) is 36.9 cm³/mol. The van der Waals surface area contributed by atoms with Crippen LogP contribution in [0.2, 0.25) is 0 Å². The molecule has 0 bridgehead atoms. The zero-order valence-corrected chi connectivity index (χ0v) is 5.61. The van der Waals surface area contributed by atoms with Crippen molar-refractivity contribution in [3.63, 3.8) is 0 Å². The van der Waals surface area contributed by atoms with Crippen molar-refractivity contribution < 1.29 is 0 Å². The molecule has 1 nitrogen and oxygen atoms in total. The standard InChI is InChI=1S/C6H9NS/c1-5(7)6-3-2-4-8-6/h2-5H,7H2,1H3/t5-/m0/s1. The van der Waals surface area contributed by atoms with Crippen LogP contribution in [-0.2, 0) is 0 Å². The third-order valence-electron chi connectivity index (χ3n) is 0.992. The van der Waals surface area contributed by atoms with Crippen LogP contribution < -0.4 is 5.73 Å². The van der Waals surface area contributed by atoms with Gasteiger partial charge >= 0.3 is 0 Å². The summed E-state index contributed by atoms with van der Waals surface area (Å²) in [4.78, 5) is 1.25. The molecular formula is C6H9NS. The molecule has 0 aliphatic rings. The van der Waals surface area contributed by atoms with E-state index in [4.69, 9.17) is 5.73 Å². The summed E-state index contributed by atoms with van der Waals surface area (Å²) < 4.78 is 0. The van der Waals surface area contributed by atoms with Crippen LogP contribution in [0, 0.1) is 0 Å². The first kappa shape index (κ1) is 5.79. The van der Waals surface area contributed by atoms with Crippen LogP contribution in [0.5, 0.6) is 0 Å². The molecular weight excluding hydrogens is 118 g/mol. The van der Waals surface area contributed by atoms with Gasteiger partial charge in [-0.25, -0.2) is 0 Å². The molecule has 0 aromatic carbocycles. The van der Waals surface area contributed by atoms with Gasteiger partial charge in [0.15, 0.2) is 0 Å². The summed E-state index contributed by atoms with van der Waals surface area (Å²) in [6.45, 7) is 1.99. The fourth-order valence-electron chi connectivity index (χ4n) is 0.550. The topological polar surface area (TPSA) is 26.0 Å². The summed E-state index contributed by atoms with van der Waals surface area (Å²) in [5.41, 5.74) is 5.57. The molecule has 44 valence electrons. The molecule has 0 fully saturated rings. The minimum absolute atomic E-state index is 0.204. The Morgan fingerprint density at radius 2 is 2.50 bits per heavy atom. The summed E-state index contributed by atoms with van der Waals surface area (Å²) >= 11 is 1.71. The number of hydrogen-bond acceptors (Lipinski definition) is 2. The van der Waals surface area contributed by atoms with Gasteiger partial charge in [0.05, 0.1) is 0 Å². The van der Waals surface area contributed by atoms with E-state index in [0.717, 1.165) is 0 Å². The van der Waals surface area contributed by atoms with Gasteiger partial charge < -0.3 is 5.73 Å². The van der Waals surface area contributed by atoms with Crippen molar-refractivity contribution in [2.45, 2.75) is 13.0 Å². The molecule has 1 aromatic rings. The Balaban J connectivity index is 2.77. The lowest BCUT2D eigenvalue weighted by Gasteiger charge is -1.96. The Labute approximate surface area is 53.1 Å². The predicted octanol–water partition coefficient (Wildman–Crippen LogP) is 1.77. The molecule has 0 radical (unpaired) electrons. The first-order valence-corrected chi connectivity index (χ1v) is 3.47. The second kappa shape index (κ2) is 2.29. The Bertz CT molecular complexity index is 144. The molecule has 0 amide bonds. The van der Waals surface area contributed by atoms with Gasteiger partial charge in [-0.15, -0.1) is 11.3 Å². The maximum Gasteiger partial charge on any atom is 0.0360 e. The van der Waals surface area contributed by atoms with Crippen LogP contribution in [0.15, 0.2) is 17.5 Å². The lowest BCUT2D eigenvalue weighted by molar-refractivity contribution is 0.838. The highest BCUT2D eigenvalue weighted by atomic mass is 32.1. The summed E-state index contributed by atoms with van der Waals surface area (Å²) in [6.07, 6.45) is 0. The Hall–Kier alpha value is -0.340. The number of hydrogen-bond donors (Lipinski definition) is 1. The molecule has 1 aromatic heterocycles. The maximum atomic E-state index is 5.57. The summed E-state index contributed by atoms with van der Waals surface area (Å²) in [5, 5.41) is 2.04. The lowest BCUT2D eigenvalue weighted by Crippen LogP contribution is -2.01. The van der Waals surface area contributed by atoms with Crippen molar-refractivity contribution in [1.82, 2.24) is 0 Å². The van der Waals surface area contributed by atoms with Crippen LogP contribution in [0.3, 0.4) is 0 Å². The number of rotatable bonds is 1. The second-order valence-electron chi connectivity index (χ2n) is 1.80. The highest BCUT2D eigenvalue weighted by Gasteiger charge is 1.95. The minimum atomic E-state index is 0.204. The Morgan fingerprint density at radius 1 is 1.75 bits per heavy atom. The quantitative estimate of drug-likeness (QED) is 0.611. The Kier molecular flexibility index (Phi) is 1.65. The van der Waals surface area contributed by atoms with Gasteiger partial charge in [0.25, 0.3) is 0 Å². The third kappa shape index (κ3) is 1.08. The number of thiophene rings is 1. The second-order valence-corrected chi connectivity index (χ2v) is 2.78. The minimum Gasteiger partial charge on any atom is -0.324 e. The van der Waals surface area contributed by atoms with E-state index in [9.17, 15) is 0 Å². The summed E-state index contributed by atoms with van der Waals surface area (Å²) in [6, 6.07) is 4.27. The normalized spacial score (nSPS) is 13.8. The molecule has 1 atom stereocenters. The van der Waals surface area contributed by atoms with E-state index < -0.39 is 0 Å². The van der Waals surface area contributed by atoms with Crippen molar-refractivity contribution in [2.75, 3.05) is 0 Å². The number of nitrogens with two attached hydrogens (primary N) is 1. The van der Waals surface area contributed by atoms with Crippen LogP contribution in [0.1, 0.15) is 17.8 Å². The van der Waals surface area contributed by atoms with E-state index in [1.807, 2.05) is 18.4 Å². The molecule has 0 spiro atoms. The van der Waals surface area contributed by atoms with E-state index in [1.54, 1.807) is 11.3 Å². The molecule has 0 aliphatic carbocycles. The molecule has 0 saturated heterocycles. The molecule has 2 N–H and O–H groups in total. The van der Waals surface area contributed by atoms with Crippen molar-refractivity contribution in [3.05, 3.63) is 22.4 Å². The highest BCUT2D eigenvalue weighted by molar-refractivity contribution is 7.10. The smallest absolute Gasteiger partial charge is 0.0360 e. The van der Waals surface area contributed by atoms with Gasteiger partial charge in [0.1, 0.15) is 0 Å². The van der Waals surface area contributed by atoms with Crippen LogP contribution in [-0.4, -0.2) is 0 Å². The van der Waals surface area contributed by atoms with E-state index in [0.29, 0.717) is 0 Å². The van der Waals surface area contributed by atoms with E-state index >= 15 is 0 Å². The van der Waals surface area contributed by atoms with Gasteiger partial charge in [0.2, 0.25) is 0 Å². The average molecular weight is 127 g/mol. The van der Waals surface area contributed by atoms with Gasteiger partial charge in [-0.1, -0.05) is 6.07 Å². The van der Waals surface area contributed by atoms with Crippen molar-refractivity contribution in [1.29, 1.82) is 0 Å². The van der Waals surface area contributed by atoms with Crippen LogP contribution in [0.25, 0.3) is 0 Å². The largest absolute Gasteiger partial charge is 0.324 e. The molecule has 1 rings (SSSR count). The summed E-state index contributed by atoms with van der Waals surface area (Å²) in [5.74, 6) is 0. The first-order valence-electron chi connectivity index (χ1n) is 2.59. The van der Waals surface area contributed by atoms with Crippen molar-refractivity contribution in [2.24, 2.45) is 5.73 Å². The lowest BCUT2D eigenvalue weighted by atomic mass is 10.3. The van der Waals surface area contributed by atoms with E-state index in [2.05, 4.69) is 6.07 Å². The first-order chi connectivity index (χ1) is 3.80.